The van der Waals surface area contributed by atoms with Crippen LogP contribution in [0.1, 0.15) is 27.2 Å². The molecule has 2 heterocycles. The lowest BCUT2D eigenvalue weighted by atomic mass is 9.97. The van der Waals surface area contributed by atoms with Gasteiger partial charge in [-0.2, -0.15) is 0 Å². The Kier molecular flexibility index (Phi) is 6.56. The monoisotopic (exact) mass is 452 g/mol. The van der Waals surface area contributed by atoms with Crippen molar-refractivity contribution in [3.05, 3.63) is 28.7 Å². The van der Waals surface area contributed by atoms with Crippen molar-refractivity contribution < 1.29 is 4.79 Å². The first-order valence-electron chi connectivity index (χ1n) is 9.05. The molecule has 2 aliphatic heterocycles. The van der Waals surface area contributed by atoms with Crippen molar-refractivity contribution in [3.8, 4) is 0 Å². The summed E-state index contributed by atoms with van der Waals surface area (Å²) in [5.74, 6) is 0.663. The standard InChI is InChI=1S/C18H25BrN6OS/c1-4-10(2)21-14(26)9-27-18-22-17-15(11(3)23-24-17)16(20)25(18)13-7-5-12(19)6-8-13/h5-8,10-11,15,17,20,23-24H,4,9H2,1-3H3,(H,21,26). The molecule has 1 aromatic rings. The van der Waals surface area contributed by atoms with Crippen LogP contribution in [0.2, 0.25) is 0 Å². The molecule has 27 heavy (non-hydrogen) atoms. The van der Waals surface area contributed by atoms with Crippen LogP contribution >= 0.6 is 27.7 Å². The molecule has 4 N–H and O–H groups in total. The fraction of sp³-hybridized carbons (Fsp3) is 0.500. The normalized spacial score (nSPS) is 25.8. The van der Waals surface area contributed by atoms with Gasteiger partial charge in [0.05, 0.1) is 11.7 Å². The number of nitrogens with zero attached hydrogens (tertiary/aromatic N) is 2. The summed E-state index contributed by atoms with van der Waals surface area (Å²) in [5.41, 5.74) is 7.19. The molecule has 4 atom stereocenters. The molecule has 0 aromatic heterocycles. The van der Waals surface area contributed by atoms with E-state index in [0.717, 1.165) is 16.6 Å². The number of hydrogen-bond donors (Lipinski definition) is 4. The van der Waals surface area contributed by atoms with Gasteiger partial charge in [0.1, 0.15) is 12.0 Å². The summed E-state index contributed by atoms with van der Waals surface area (Å²) < 4.78 is 0.976. The van der Waals surface area contributed by atoms with Crippen LogP contribution in [0.4, 0.5) is 5.69 Å². The van der Waals surface area contributed by atoms with Gasteiger partial charge in [0.25, 0.3) is 0 Å². The number of thioether (sulfide) groups is 1. The van der Waals surface area contributed by atoms with Gasteiger partial charge < -0.3 is 5.32 Å². The Morgan fingerprint density at radius 2 is 2.11 bits per heavy atom. The van der Waals surface area contributed by atoms with Gasteiger partial charge in [-0.15, -0.1) is 0 Å². The van der Waals surface area contributed by atoms with E-state index in [1.807, 2.05) is 49.9 Å². The van der Waals surface area contributed by atoms with Crippen LogP contribution in [-0.2, 0) is 4.79 Å². The molecule has 7 nitrogen and oxygen atoms in total. The summed E-state index contributed by atoms with van der Waals surface area (Å²) in [7, 11) is 0. The number of rotatable bonds is 5. The van der Waals surface area contributed by atoms with E-state index in [2.05, 4.69) is 32.1 Å². The zero-order chi connectivity index (χ0) is 19.6. The fourth-order valence-electron chi connectivity index (χ4n) is 3.09. The molecule has 146 valence electrons. The number of hydrogen-bond acceptors (Lipinski definition) is 6. The Labute approximate surface area is 172 Å². The number of benzene rings is 1. The van der Waals surface area contributed by atoms with E-state index in [4.69, 9.17) is 10.4 Å². The Balaban J connectivity index is 1.83. The number of anilines is 1. The maximum atomic E-state index is 12.2. The third-order valence-electron chi connectivity index (χ3n) is 4.77. The first-order chi connectivity index (χ1) is 12.9. The maximum Gasteiger partial charge on any atom is 0.230 e. The average molecular weight is 453 g/mol. The van der Waals surface area contributed by atoms with Gasteiger partial charge in [-0.05, 0) is 44.5 Å². The SMILES string of the molecule is CCC(C)NC(=O)CSC1=NC2NNC(C)C2C(=N)N1c1ccc(Br)cc1. The van der Waals surface area contributed by atoms with Crippen LogP contribution in [0.25, 0.3) is 0 Å². The highest BCUT2D eigenvalue weighted by Crippen LogP contribution is 2.32. The molecule has 1 aromatic carbocycles. The first kappa shape index (κ1) is 20.3. The molecule has 1 saturated heterocycles. The molecular formula is C18H25BrN6OS. The molecule has 4 unspecified atom stereocenters. The van der Waals surface area contributed by atoms with Crippen molar-refractivity contribution in [1.82, 2.24) is 16.2 Å². The van der Waals surface area contributed by atoms with Crippen LogP contribution in [-0.4, -0.2) is 40.9 Å². The number of carbonyl (C=O) groups excluding carboxylic acids is 1. The van der Waals surface area contributed by atoms with Gasteiger partial charge in [0.15, 0.2) is 5.17 Å². The van der Waals surface area contributed by atoms with Crippen molar-refractivity contribution >= 4 is 50.3 Å². The molecule has 9 heteroatoms. The van der Waals surface area contributed by atoms with Gasteiger partial charge in [0, 0.05) is 22.2 Å². The van der Waals surface area contributed by atoms with E-state index >= 15 is 0 Å². The second-order valence-electron chi connectivity index (χ2n) is 6.82. The summed E-state index contributed by atoms with van der Waals surface area (Å²) in [6.07, 6.45) is 0.698. The third kappa shape index (κ3) is 4.53. The van der Waals surface area contributed by atoms with E-state index in [1.54, 1.807) is 0 Å². The van der Waals surface area contributed by atoms with Crippen molar-refractivity contribution in [2.45, 2.75) is 45.4 Å². The molecule has 1 fully saturated rings. The van der Waals surface area contributed by atoms with Crippen molar-refractivity contribution in [1.29, 1.82) is 5.41 Å². The second-order valence-corrected chi connectivity index (χ2v) is 8.68. The van der Waals surface area contributed by atoms with E-state index in [1.165, 1.54) is 11.8 Å². The van der Waals surface area contributed by atoms with Crippen LogP contribution in [0.5, 0.6) is 0 Å². The molecule has 0 bridgehead atoms. The number of amidine groups is 2. The van der Waals surface area contributed by atoms with E-state index in [-0.39, 0.29) is 35.8 Å². The summed E-state index contributed by atoms with van der Waals surface area (Å²) in [6.45, 7) is 6.07. The lowest BCUT2D eigenvalue weighted by Gasteiger charge is -2.36. The van der Waals surface area contributed by atoms with Crippen LogP contribution in [0.3, 0.4) is 0 Å². The smallest absolute Gasteiger partial charge is 0.230 e. The molecule has 0 saturated carbocycles. The quantitative estimate of drug-likeness (QED) is 0.550. The number of carbonyl (C=O) groups is 1. The highest BCUT2D eigenvalue weighted by Gasteiger charge is 2.43. The molecule has 0 aliphatic carbocycles. The molecular weight excluding hydrogens is 428 g/mol. The predicted octanol–water partition coefficient (Wildman–Crippen LogP) is 2.69. The molecule has 1 amide bonds. The highest BCUT2D eigenvalue weighted by atomic mass is 79.9. The molecule has 0 radical (unpaired) electrons. The van der Waals surface area contributed by atoms with Crippen LogP contribution in [0.15, 0.2) is 33.7 Å². The third-order valence-corrected chi connectivity index (χ3v) is 6.25. The minimum Gasteiger partial charge on any atom is -0.353 e. The number of halogens is 1. The van der Waals surface area contributed by atoms with Crippen molar-refractivity contribution in [3.63, 3.8) is 0 Å². The van der Waals surface area contributed by atoms with E-state index < -0.39 is 0 Å². The summed E-state index contributed by atoms with van der Waals surface area (Å²) >= 11 is 4.82. The number of aliphatic imine (C=N–C) groups is 1. The molecule has 3 rings (SSSR count). The highest BCUT2D eigenvalue weighted by molar-refractivity contribution is 9.10. The van der Waals surface area contributed by atoms with Crippen LogP contribution < -0.4 is 21.1 Å². The number of hydrazine groups is 1. The van der Waals surface area contributed by atoms with Gasteiger partial charge in [-0.1, -0.05) is 34.6 Å². The molecule has 2 aliphatic rings. The zero-order valence-corrected chi connectivity index (χ0v) is 18.0. The molecule has 0 spiro atoms. The number of nitrogens with one attached hydrogen (secondary N) is 4. The Morgan fingerprint density at radius 3 is 2.78 bits per heavy atom. The second kappa shape index (κ2) is 8.72. The Hall–Kier alpha value is -1.42. The van der Waals surface area contributed by atoms with E-state index in [0.29, 0.717) is 11.0 Å². The Morgan fingerprint density at radius 1 is 1.41 bits per heavy atom. The van der Waals surface area contributed by atoms with Gasteiger partial charge in [-0.25, -0.2) is 10.4 Å². The minimum atomic E-state index is -0.195. The minimum absolute atomic E-state index is 0.0210. The van der Waals surface area contributed by atoms with Gasteiger partial charge in [0.2, 0.25) is 5.91 Å². The Bertz CT molecular complexity index is 740. The largest absolute Gasteiger partial charge is 0.353 e. The first-order valence-corrected chi connectivity index (χ1v) is 10.8. The maximum absolute atomic E-state index is 12.2. The predicted molar refractivity (Wildman–Crippen MR) is 115 cm³/mol. The average Bonchev–Trinajstić information content (AvgIpc) is 3.02. The number of amides is 1. The van der Waals surface area contributed by atoms with Crippen molar-refractivity contribution in [2.24, 2.45) is 10.9 Å². The van der Waals surface area contributed by atoms with Gasteiger partial charge >= 0.3 is 0 Å². The van der Waals surface area contributed by atoms with Gasteiger partial charge in [-0.3, -0.25) is 20.5 Å². The summed E-state index contributed by atoms with van der Waals surface area (Å²) in [5, 5.41) is 12.4. The summed E-state index contributed by atoms with van der Waals surface area (Å²) in [4.78, 5) is 18.9. The zero-order valence-electron chi connectivity index (χ0n) is 15.6. The lowest BCUT2D eigenvalue weighted by Crippen LogP contribution is -2.50. The van der Waals surface area contributed by atoms with Crippen molar-refractivity contribution in [2.75, 3.05) is 10.7 Å². The topological polar surface area (TPSA) is 92.6 Å². The lowest BCUT2D eigenvalue weighted by molar-refractivity contribution is -0.119. The summed E-state index contributed by atoms with van der Waals surface area (Å²) in [6, 6.07) is 8.05. The van der Waals surface area contributed by atoms with E-state index in [9.17, 15) is 4.79 Å². The fourth-order valence-corrected chi connectivity index (χ4v) is 4.22. The number of fused-ring (bicyclic) bond motifs is 1. The van der Waals surface area contributed by atoms with Crippen LogP contribution in [0, 0.1) is 11.3 Å².